The summed E-state index contributed by atoms with van der Waals surface area (Å²) < 4.78 is 49.6. The van der Waals surface area contributed by atoms with Crippen molar-refractivity contribution >= 4 is 77.4 Å². The summed E-state index contributed by atoms with van der Waals surface area (Å²) in [5.41, 5.74) is -1.48. The monoisotopic (exact) mass is 1030 g/mol. The number of hydrogen-bond donors (Lipinski definition) is 4. The molecule has 2 aromatic heterocycles. The van der Waals surface area contributed by atoms with Crippen LogP contribution in [0.25, 0.3) is 11.4 Å². The van der Waals surface area contributed by atoms with E-state index in [0.29, 0.717) is 11.1 Å². The Bertz CT molecular complexity index is 3150. The molecule has 0 spiro atoms. The van der Waals surface area contributed by atoms with E-state index in [1.165, 1.54) is 52.0 Å². The Morgan fingerprint density at radius 1 is 0.606 bits per heavy atom. The molecule has 0 bridgehead atoms. The second-order valence-electron chi connectivity index (χ2n) is 13.7. The third-order valence-corrected chi connectivity index (χ3v) is 11.8. The molecule has 0 amide bonds. The number of aromatic nitrogens is 4. The van der Waals surface area contributed by atoms with Gasteiger partial charge >= 0.3 is 46.9 Å². The predicted octanol–water partition coefficient (Wildman–Crippen LogP) is 2.58. The number of nitro benzene ring substituents is 2. The van der Waals surface area contributed by atoms with E-state index < -0.39 is 75.3 Å². The molecule has 0 saturated heterocycles. The Balaban J connectivity index is 0.000000340. The van der Waals surface area contributed by atoms with E-state index in [0.717, 1.165) is 33.6 Å². The Labute approximate surface area is 415 Å². The maximum Gasteiger partial charge on any atom is 3.00 e. The molecule has 0 saturated carbocycles. The number of H-pyrrole nitrogens is 2. The van der Waals surface area contributed by atoms with Crippen LogP contribution in [0.5, 0.6) is 11.5 Å². The Hall–Kier alpha value is -5.57. The van der Waals surface area contributed by atoms with Gasteiger partial charge in [0.1, 0.15) is 0 Å². The van der Waals surface area contributed by atoms with E-state index >= 15 is 0 Å². The maximum absolute atomic E-state index is 13.0. The summed E-state index contributed by atoms with van der Waals surface area (Å²) in [5, 5.41) is 77.2. The number of rotatable bonds is 10. The summed E-state index contributed by atoms with van der Waals surface area (Å²) in [4.78, 5) is 45.9. The first-order chi connectivity index (χ1) is 29.6. The van der Waals surface area contributed by atoms with Crippen LogP contribution in [0.15, 0.2) is 88.4 Å². The molecule has 1 radical (unpaired) electrons. The number of hydrogen-bond acceptors (Lipinski definition) is 16. The largest absolute Gasteiger partial charge is 3.00 e. The van der Waals surface area contributed by atoms with E-state index in [9.17, 15) is 56.9 Å². The molecule has 30 heteroatoms. The second kappa shape index (κ2) is 20.9. The van der Waals surface area contributed by atoms with Crippen LogP contribution in [0.3, 0.4) is 0 Å². The zero-order chi connectivity index (χ0) is 47.9. The number of azo groups is 2. The molecular formula is C36H32Cl2CrN12NaO12S2+2. The van der Waals surface area contributed by atoms with Gasteiger partial charge in [-0.1, -0.05) is 35.3 Å². The van der Waals surface area contributed by atoms with E-state index in [-0.39, 0.29) is 112 Å². The zero-order valence-electron chi connectivity index (χ0n) is 35.2. The normalized spacial score (nSPS) is 11.5. The van der Waals surface area contributed by atoms with E-state index in [2.05, 4.69) is 30.7 Å². The minimum absolute atomic E-state index is 0. The number of nitrogens with zero attached hydrogens (tertiary/aromatic N) is 8. The third-order valence-electron chi connectivity index (χ3n) is 9.24. The number of aromatic amines is 2. The number of nitrogens with one attached hydrogen (secondary N) is 2. The van der Waals surface area contributed by atoms with Gasteiger partial charge in [-0.15, -0.1) is 10.2 Å². The summed E-state index contributed by atoms with van der Waals surface area (Å²) in [6.45, 7) is 9.38. The van der Waals surface area contributed by atoms with Gasteiger partial charge in [-0.3, -0.25) is 40.0 Å². The average Bonchev–Trinajstić information content (AvgIpc) is 3.61. The SMILES string of the molecule is Cc1ccc(S(N)(=O)=O)c(C)c1-n1[nH]c(C)c(N=Nc2cc(Cl)cc([N+](=O)[O-])c2[O-])c1=O.Cc1ccc(S(N)(=O)=O)c(C)c1-n1[nH]c(C)c(N=Nc2cc(Cl)cc([N+](=O)[O-])c2[O-])c1=O.[Cr+3].[Na+]. The van der Waals surface area contributed by atoms with Crippen LogP contribution in [0, 0.1) is 61.8 Å². The fourth-order valence-corrected chi connectivity index (χ4v) is 8.30. The first kappa shape index (κ1) is 54.8. The second-order valence-corrected chi connectivity index (χ2v) is 17.6. The number of nitrogens with two attached hydrogens (primary N) is 2. The quantitative estimate of drug-likeness (QED) is 0.0666. The summed E-state index contributed by atoms with van der Waals surface area (Å²) >= 11 is 11.6. The molecule has 4 aromatic carbocycles. The predicted molar refractivity (Wildman–Crippen MR) is 227 cm³/mol. The first-order valence-electron chi connectivity index (χ1n) is 17.7. The van der Waals surface area contributed by atoms with Gasteiger partial charge in [0.15, 0.2) is 11.4 Å². The first-order valence-corrected chi connectivity index (χ1v) is 21.5. The standard InChI is InChI=1S/2C18H17ClN6O6S.Cr.Na/c2*1-8-4-5-14(32(20,30)31)9(2)16(8)24-18(27)15(10(3)23-24)22-21-12-6-11(19)7-13(17(12)26)25(28)29;;/h2*4-7,23,26H,1-3H3,(H2,20,30,31);;/q;;+3;+1/p-2. The van der Waals surface area contributed by atoms with Crippen LogP contribution < -0.4 is 61.2 Å². The van der Waals surface area contributed by atoms with Crippen LogP contribution in [0.1, 0.15) is 33.6 Å². The van der Waals surface area contributed by atoms with Crippen molar-refractivity contribution in [2.45, 2.75) is 51.3 Å². The molecule has 6 rings (SSSR count). The van der Waals surface area contributed by atoms with Crippen LogP contribution in [0.4, 0.5) is 34.1 Å². The molecule has 0 aliphatic heterocycles. The molecule has 0 unspecified atom stereocenters. The van der Waals surface area contributed by atoms with Crippen molar-refractivity contribution in [3.63, 3.8) is 0 Å². The van der Waals surface area contributed by atoms with Crippen molar-refractivity contribution in [3.8, 4) is 22.9 Å². The van der Waals surface area contributed by atoms with Crippen molar-refractivity contribution in [1.29, 1.82) is 0 Å². The van der Waals surface area contributed by atoms with Crippen molar-refractivity contribution in [2.24, 2.45) is 30.7 Å². The molecule has 66 heavy (non-hydrogen) atoms. The van der Waals surface area contributed by atoms with E-state index in [1.807, 2.05) is 0 Å². The average molecular weight is 1030 g/mol. The van der Waals surface area contributed by atoms with Gasteiger partial charge in [0.25, 0.3) is 22.5 Å². The van der Waals surface area contributed by atoms with Crippen LogP contribution in [0.2, 0.25) is 10.0 Å². The van der Waals surface area contributed by atoms with Gasteiger partial charge in [-0.2, -0.15) is 10.2 Å². The van der Waals surface area contributed by atoms with Crippen LogP contribution >= 0.6 is 23.2 Å². The number of primary sulfonamides is 2. The smallest absolute Gasteiger partial charge is 0.866 e. The van der Waals surface area contributed by atoms with E-state index in [4.69, 9.17) is 33.5 Å². The molecule has 339 valence electrons. The molecule has 6 aromatic rings. The van der Waals surface area contributed by atoms with Gasteiger partial charge < -0.3 is 10.2 Å². The maximum atomic E-state index is 13.0. The van der Waals surface area contributed by atoms with Crippen molar-refractivity contribution in [3.05, 3.63) is 133 Å². The van der Waals surface area contributed by atoms with Gasteiger partial charge in [0, 0.05) is 33.7 Å². The van der Waals surface area contributed by atoms with Crippen molar-refractivity contribution in [2.75, 3.05) is 0 Å². The zero-order valence-corrected chi connectivity index (χ0v) is 41.7. The van der Waals surface area contributed by atoms with Gasteiger partial charge in [-0.25, -0.2) is 36.5 Å². The fourth-order valence-electron chi connectivity index (χ4n) is 6.32. The van der Waals surface area contributed by atoms with Gasteiger partial charge in [0.2, 0.25) is 20.0 Å². The van der Waals surface area contributed by atoms with Crippen molar-refractivity contribution in [1.82, 2.24) is 19.6 Å². The summed E-state index contributed by atoms with van der Waals surface area (Å²) in [5.74, 6) is -2.02. The fraction of sp³-hybridized carbons (Fsp3) is 0.167. The Morgan fingerprint density at radius 2 is 0.924 bits per heavy atom. The summed E-state index contributed by atoms with van der Waals surface area (Å²) in [6, 6.07) is 9.64. The summed E-state index contributed by atoms with van der Waals surface area (Å²) in [7, 11) is -8.07. The molecule has 0 aliphatic carbocycles. The number of aryl methyl sites for hydroxylation is 4. The molecule has 2 heterocycles. The van der Waals surface area contributed by atoms with Gasteiger partial charge in [0.05, 0.1) is 53.8 Å². The molecule has 0 fully saturated rings. The summed E-state index contributed by atoms with van der Waals surface area (Å²) in [6.07, 6.45) is 0. The topological polar surface area (TPSA) is 378 Å². The minimum Gasteiger partial charge on any atom is -0.866 e. The minimum atomic E-state index is -4.04. The van der Waals surface area contributed by atoms with E-state index in [1.54, 1.807) is 13.8 Å². The number of benzene rings is 4. The van der Waals surface area contributed by atoms with Crippen molar-refractivity contribution < 1.29 is 83.8 Å². The Morgan fingerprint density at radius 3 is 1.21 bits per heavy atom. The van der Waals surface area contributed by atoms with Crippen LogP contribution in [-0.4, -0.2) is 46.2 Å². The molecular weight excluding hydrogens is 1000 g/mol. The number of sulfonamides is 2. The number of halogens is 2. The molecule has 0 aliphatic rings. The van der Waals surface area contributed by atoms with Gasteiger partial charge in [-0.05, 0) is 88.1 Å². The third kappa shape index (κ3) is 11.3. The Kier molecular flexibility index (Phi) is 17.4. The molecule has 0 atom stereocenters. The number of nitro groups is 2. The molecule has 6 N–H and O–H groups in total. The van der Waals surface area contributed by atoms with Crippen LogP contribution in [-0.2, 0) is 37.4 Å². The molecule has 24 nitrogen and oxygen atoms in total.